The lowest BCUT2D eigenvalue weighted by atomic mass is 9.93. The van der Waals surface area contributed by atoms with E-state index in [0.717, 1.165) is 19.5 Å². The number of carbonyl (C=O) groups is 1. The van der Waals surface area contributed by atoms with Gasteiger partial charge < -0.3 is 15.3 Å². The highest BCUT2D eigenvalue weighted by Gasteiger charge is 2.46. The van der Waals surface area contributed by atoms with Crippen LogP contribution in [0.15, 0.2) is 0 Å². The van der Waals surface area contributed by atoms with Crippen LogP contribution in [0, 0.1) is 11.8 Å². The highest BCUT2D eigenvalue weighted by atomic mass is 16.4. The third-order valence-corrected chi connectivity index (χ3v) is 3.98. The highest BCUT2D eigenvalue weighted by molar-refractivity contribution is 5.66. The molecule has 1 saturated heterocycles. The number of fused-ring (bicyclic) bond motifs is 1. The normalized spacial score (nSPS) is 33.8. The average molecular weight is 226 g/mol. The Labute approximate surface area is 97.0 Å². The van der Waals surface area contributed by atoms with Crippen LogP contribution >= 0.6 is 0 Å². The van der Waals surface area contributed by atoms with Crippen molar-refractivity contribution in [3.8, 4) is 0 Å². The molecule has 2 N–H and O–H groups in total. The molecule has 1 heterocycles. The first-order valence-corrected chi connectivity index (χ1v) is 6.14. The standard InChI is InChI=1S/C12H22N2O2/c1-12(2,3)14(11(15)16)10-5-4-8-6-13-7-9(8)10/h8-10,13H,4-7H2,1-3H3,(H,15,16). The summed E-state index contributed by atoms with van der Waals surface area (Å²) in [5.74, 6) is 1.21. The summed E-state index contributed by atoms with van der Waals surface area (Å²) in [7, 11) is 0. The van der Waals surface area contributed by atoms with Crippen LogP contribution in [0.25, 0.3) is 0 Å². The molecule has 92 valence electrons. The second-order valence-corrected chi connectivity index (χ2v) is 6.05. The van der Waals surface area contributed by atoms with E-state index < -0.39 is 6.09 Å². The zero-order chi connectivity index (χ0) is 11.9. The summed E-state index contributed by atoms with van der Waals surface area (Å²) >= 11 is 0. The first-order chi connectivity index (χ1) is 7.41. The molecule has 1 aliphatic carbocycles. The molecule has 1 amide bonds. The van der Waals surface area contributed by atoms with Gasteiger partial charge in [-0.15, -0.1) is 0 Å². The summed E-state index contributed by atoms with van der Waals surface area (Å²) < 4.78 is 0. The molecule has 3 atom stereocenters. The van der Waals surface area contributed by atoms with Crippen molar-refractivity contribution in [2.75, 3.05) is 13.1 Å². The molecule has 2 aliphatic rings. The van der Waals surface area contributed by atoms with Gasteiger partial charge in [0.25, 0.3) is 0 Å². The second-order valence-electron chi connectivity index (χ2n) is 6.05. The maximum atomic E-state index is 11.4. The minimum Gasteiger partial charge on any atom is -0.465 e. The summed E-state index contributed by atoms with van der Waals surface area (Å²) in [6, 6.07) is 0.206. The van der Waals surface area contributed by atoms with Crippen LogP contribution in [-0.4, -0.2) is 40.8 Å². The van der Waals surface area contributed by atoms with Crippen molar-refractivity contribution in [2.45, 2.75) is 45.2 Å². The Morgan fingerprint density at radius 1 is 1.31 bits per heavy atom. The van der Waals surface area contributed by atoms with Gasteiger partial charge in [0.1, 0.15) is 0 Å². The zero-order valence-corrected chi connectivity index (χ0v) is 10.4. The number of rotatable bonds is 1. The molecular weight excluding hydrogens is 204 g/mol. The van der Waals surface area contributed by atoms with Crippen LogP contribution in [0.3, 0.4) is 0 Å². The fraction of sp³-hybridized carbons (Fsp3) is 0.917. The summed E-state index contributed by atoms with van der Waals surface area (Å²) in [5, 5.41) is 12.8. The Morgan fingerprint density at radius 3 is 2.56 bits per heavy atom. The Kier molecular flexibility index (Phi) is 2.86. The van der Waals surface area contributed by atoms with E-state index in [1.165, 1.54) is 6.42 Å². The molecule has 2 rings (SSSR count). The molecule has 2 fully saturated rings. The number of amides is 1. The van der Waals surface area contributed by atoms with Crippen LogP contribution < -0.4 is 5.32 Å². The maximum Gasteiger partial charge on any atom is 0.407 e. The molecule has 0 bridgehead atoms. The van der Waals surface area contributed by atoms with Crippen LogP contribution in [0.2, 0.25) is 0 Å². The number of hydrogen-bond donors (Lipinski definition) is 2. The van der Waals surface area contributed by atoms with E-state index in [2.05, 4.69) is 5.32 Å². The van der Waals surface area contributed by atoms with Crippen molar-refractivity contribution in [3.05, 3.63) is 0 Å². The van der Waals surface area contributed by atoms with Gasteiger partial charge in [0.15, 0.2) is 0 Å². The van der Waals surface area contributed by atoms with Crippen LogP contribution in [0.1, 0.15) is 33.6 Å². The predicted molar refractivity (Wildman–Crippen MR) is 62.5 cm³/mol. The maximum absolute atomic E-state index is 11.4. The highest BCUT2D eigenvalue weighted by Crippen LogP contribution is 2.39. The number of nitrogens with one attached hydrogen (secondary N) is 1. The summed E-state index contributed by atoms with van der Waals surface area (Å²) in [6.45, 7) is 8.00. The Morgan fingerprint density at radius 2 is 2.00 bits per heavy atom. The van der Waals surface area contributed by atoms with Gasteiger partial charge in [-0.3, -0.25) is 0 Å². The third kappa shape index (κ3) is 1.90. The van der Waals surface area contributed by atoms with Crippen LogP contribution in [-0.2, 0) is 0 Å². The lowest BCUT2D eigenvalue weighted by Gasteiger charge is -2.40. The molecule has 0 spiro atoms. The molecule has 0 aromatic rings. The largest absolute Gasteiger partial charge is 0.465 e. The van der Waals surface area contributed by atoms with Crippen LogP contribution in [0.5, 0.6) is 0 Å². The molecule has 1 aliphatic heterocycles. The van der Waals surface area contributed by atoms with Gasteiger partial charge in [-0.2, -0.15) is 0 Å². The molecular formula is C12H22N2O2. The van der Waals surface area contributed by atoms with Gasteiger partial charge in [0, 0.05) is 18.1 Å². The van der Waals surface area contributed by atoms with Gasteiger partial charge in [0.05, 0.1) is 0 Å². The first kappa shape index (κ1) is 11.7. The SMILES string of the molecule is CC(C)(C)N(C(=O)O)C1CCC2CNCC21. The first-order valence-electron chi connectivity index (χ1n) is 6.14. The van der Waals surface area contributed by atoms with E-state index in [4.69, 9.17) is 0 Å². The molecule has 0 aromatic heterocycles. The number of hydrogen-bond acceptors (Lipinski definition) is 2. The minimum absolute atomic E-state index is 0.206. The molecule has 0 radical (unpaired) electrons. The Balaban J connectivity index is 2.18. The fourth-order valence-corrected chi connectivity index (χ4v) is 3.37. The topological polar surface area (TPSA) is 52.6 Å². The van der Waals surface area contributed by atoms with Crippen molar-refractivity contribution in [1.82, 2.24) is 10.2 Å². The van der Waals surface area contributed by atoms with E-state index in [-0.39, 0.29) is 11.6 Å². The average Bonchev–Trinajstić information content (AvgIpc) is 2.65. The summed E-state index contributed by atoms with van der Waals surface area (Å²) in [5.41, 5.74) is -0.298. The van der Waals surface area contributed by atoms with Crippen molar-refractivity contribution >= 4 is 6.09 Å². The van der Waals surface area contributed by atoms with Gasteiger partial charge in [-0.1, -0.05) is 0 Å². The molecule has 16 heavy (non-hydrogen) atoms. The quantitative estimate of drug-likeness (QED) is 0.716. The monoisotopic (exact) mass is 226 g/mol. The van der Waals surface area contributed by atoms with E-state index in [9.17, 15) is 9.90 Å². The van der Waals surface area contributed by atoms with E-state index in [1.54, 1.807) is 4.90 Å². The Hall–Kier alpha value is -0.770. The van der Waals surface area contributed by atoms with E-state index in [1.807, 2.05) is 20.8 Å². The van der Waals surface area contributed by atoms with Gasteiger partial charge in [-0.05, 0) is 52.0 Å². The van der Waals surface area contributed by atoms with E-state index in [0.29, 0.717) is 11.8 Å². The lowest BCUT2D eigenvalue weighted by Crippen LogP contribution is -2.53. The molecule has 0 aromatic carbocycles. The van der Waals surface area contributed by atoms with Crippen molar-refractivity contribution in [2.24, 2.45) is 11.8 Å². The van der Waals surface area contributed by atoms with Crippen molar-refractivity contribution < 1.29 is 9.90 Å². The smallest absolute Gasteiger partial charge is 0.407 e. The second kappa shape index (κ2) is 3.91. The molecule has 4 heteroatoms. The van der Waals surface area contributed by atoms with Crippen molar-refractivity contribution in [3.63, 3.8) is 0 Å². The molecule has 1 saturated carbocycles. The third-order valence-electron chi connectivity index (χ3n) is 3.98. The van der Waals surface area contributed by atoms with Crippen LogP contribution in [0.4, 0.5) is 4.79 Å². The van der Waals surface area contributed by atoms with Gasteiger partial charge in [0.2, 0.25) is 0 Å². The molecule has 3 unspecified atom stereocenters. The zero-order valence-electron chi connectivity index (χ0n) is 10.4. The minimum atomic E-state index is -0.773. The fourth-order valence-electron chi connectivity index (χ4n) is 3.37. The Bertz CT molecular complexity index is 285. The summed E-state index contributed by atoms with van der Waals surface area (Å²) in [6.07, 6.45) is 1.42. The predicted octanol–water partition coefficient (Wildman–Crippen LogP) is 1.76. The summed E-state index contributed by atoms with van der Waals surface area (Å²) in [4.78, 5) is 13.1. The lowest BCUT2D eigenvalue weighted by molar-refractivity contribution is 0.0570. The van der Waals surface area contributed by atoms with Crippen molar-refractivity contribution in [1.29, 1.82) is 0 Å². The number of carboxylic acid groups (broad SMARTS) is 1. The van der Waals surface area contributed by atoms with Gasteiger partial charge in [-0.25, -0.2) is 4.79 Å². The van der Waals surface area contributed by atoms with E-state index >= 15 is 0 Å². The van der Waals surface area contributed by atoms with Gasteiger partial charge >= 0.3 is 6.09 Å². The number of nitrogens with zero attached hydrogens (tertiary/aromatic N) is 1. The molecule has 4 nitrogen and oxygen atoms in total.